The zero-order valence-corrected chi connectivity index (χ0v) is 55.5. The van der Waals surface area contributed by atoms with Crippen LogP contribution < -0.4 is 77.3 Å². The van der Waals surface area contributed by atoms with Crippen LogP contribution in [-0.2, 0) is 0 Å². The maximum absolute atomic E-state index is 6.86. The van der Waals surface area contributed by atoms with Gasteiger partial charge in [-0.2, -0.15) is 0 Å². The van der Waals surface area contributed by atoms with Gasteiger partial charge in [0.25, 0.3) is 6.71 Å². The zero-order valence-electron chi connectivity index (χ0n) is 53.5. The number of hydrogen-bond donors (Lipinski definition) is 0. The van der Waals surface area contributed by atoms with Crippen molar-refractivity contribution in [1.29, 1.82) is 0 Å². The van der Waals surface area contributed by atoms with Crippen LogP contribution in [0, 0.1) is 0 Å². The Kier molecular flexibility index (Phi) is 13.6. The maximum Gasteiger partial charge on any atom is 0.252 e. The van der Waals surface area contributed by atoms with Crippen molar-refractivity contribution in [3.8, 4) is 22.6 Å². The number of benzene rings is 15. The molecule has 0 spiro atoms. The summed E-state index contributed by atoms with van der Waals surface area (Å²) in [5.41, 5.74) is 17.1. The monoisotopic (exact) mass is 1280 g/mol. The van der Waals surface area contributed by atoms with Crippen molar-refractivity contribution in [2.45, 2.75) is 0 Å². The SMILES string of the molecule is c1ccc(-c2ccc3c(c2)B2c4ccc([Si](c5ccccc5)(c5ccccc5)c5ccccc5)cc4N(c4cccc([Si](c5ccccc5)(c5ccccc5)c5ccccc5)c4)c4cc(N5c6ccccc6Oc6ccccc65)cc(c42)N3c2ccc3oc4ccccc4c3c2)cc1. The molecule has 4 heterocycles. The molecule has 0 bridgehead atoms. The molecule has 0 unspecified atom stereocenters. The van der Waals surface area contributed by atoms with Gasteiger partial charge in [-0.05, 0) is 154 Å². The Balaban J connectivity index is 0.972. The Hall–Kier alpha value is -12.2. The van der Waals surface area contributed by atoms with Crippen LogP contribution in [0.5, 0.6) is 11.5 Å². The fraction of sp³-hybridized carbons (Fsp3) is 0. The summed E-state index contributed by atoms with van der Waals surface area (Å²) in [7, 11) is -6.30. The molecule has 0 N–H and O–H groups in total. The maximum atomic E-state index is 6.86. The molecule has 0 saturated carbocycles. The van der Waals surface area contributed by atoms with E-state index in [-0.39, 0.29) is 6.71 Å². The minimum atomic E-state index is -3.17. The summed E-state index contributed by atoms with van der Waals surface area (Å²) in [6, 6.07) is 141. The van der Waals surface area contributed by atoms with Crippen LogP contribution in [0.1, 0.15) is 0 Å². The van der Waals surface area contributed by atoms with Gasteiger partial charge in [-0.25, -0.2) is 0 Å². The standard InChI is InChI=1S/C90H62BN3O2Si2/c1-8-29-63(30-9-1)64-51-55-80-79(57-64)91-78-54-53-75(98(71-38-16-5-17-39-71,72-40-18-6-19-41-72)73-42-20-7-21-43-73)62-83(78)93(65-31-28-44-74(58-65)97(68-32-10-2-11-33-68,69-34-12-3-13-35-69)70-36-14-4-15-37-70)85-61-67(94-81-46-23-26-49-88(81)96-89-50-27-24-47-82(89)94)60-84(90(85)91)92(80)66-52-56-87-77(59-66)76-45-22-25-48-86(76)95-87/h1-62H. The molecular formula is C90H62BN3O2Si2. The topological polar surface area (TPSA) is 32.1 Å². The number of furan rings is 1. The van der Waals surface area contributed by atoms with Gasteiger partial charge in [-0.1, -0.05) is 291 Å². The van der Waals surface area contributed by atoms with Crippen LogP contribution in [-0.4, -0.2) is 22.9 Å². The van der Waals surface area contributed by atoms with E-state index in [1.165, 1.54) is 57.9 Å². The van der Waals surface area contributed by atoms with Crippen molar-refractivity contribution < 1.29 is 9.15 Å². The van der Waals surface area contributed by atoms with Crippen molar-refractivity contribution in [3.63, 3.8) is 0 Å². The highest BCUT2D eigenvalue weighted by Crippen LogP contribution is 2.54. The van der Waals surface area contributed by atoms with Crippen LogP contribution in [0.3, 0.4) is 0 Å². The first-order chi connectivity index (χ1) is 48.6. The van der Waals surface area contributed by atoms with E-state index in [0.29, 0.717) is 0 Å². The van der Waals surface area contributed by atoms with Gasteiger partial charge in [-0.3, -0.25) is 0 Å². The highest BCUT2D eigenvalue weighted by atomic mass is 28.3. The number of nitrogens with zero attached hydrogens (tertiary/aromatic N) is 3. The Morgan fingerprint density at radius 2 is 0.673 bits per heavy atom. The summed E-state index contributed by atoms with van der Waals surface area (Å²) in [6.45, 7) is -0.247. The minimum absolute atomic E-state index is 0.247. The number of anilines is 9. The van der Waals surface area contributed by atoms with E-state index in [2.05, 4.69) is 391 Å². The molecule has 0 atom stereocenters. The Morgan fingerprint density at radius 3 is 1.22 bits per heavy atom. The van der Waals surface area contributed by atoms with Gasteiger partial charge in [0.1, 0.15) is 11.2 Å². The van der Waals surface area contributed by atoms with Crippen LogP contribution in [0.2, 0.25) is 0 Å². The molecule has 16 aromatic rings. The quantitative estimate of drug-likeness (QED) is 0.0899. The summed E-state index contributed by atoms with van der Waals surface area (Å²) < 4.78 is 13.5. The average molecular weight is 1280 g/mol. The molecule has 1 aromatic heterocycles. The summed E-state index contributed by atoms with van der Waals surface area (Å²) in [6.07, 6.45) is 0. The van der Waals surface area contributed by atoms with Crippen molar-refractivity contribution in [2.75, 3.05) is 14.7 Å². The largest absolute Gasteiger partial charge is 0.456 e. The lowest BCUT2D eigenvalue weighted by Gasteiger charge is -2.46. The highest BCUT2D eigenvalue weighted by Gasteiger charge is 2.49. The molecule has 8 heteroatoms. The first-order valence-electron chi connectivity index (χ1n) is 33.7. The smallest absolute Gasteiger partial charge is 0.252 e. The average Bonchev–Trinajstić information content (AvgIpc) is 0.720. The van der Waals surface area contributed by atoms with E-state index in [4.69, 9.17) is 9.15 Å². The van der Waals surface area contributed by atoms with Crippen LogP contribution >= 0.6 is 0 Å². The lowest BCUT2D eigenvalue weighted by Crippen LogP contribution is -2.75. The number of fused-ring (bicyclic) bond motifs is 9. The lowest BCUT2D eigenvalue weighted by molar-refractivity contribution is 0.477. The summed E-state index contributed by atoms with van der Waals surface area (Å²) >= 11 is 0. The third-order valence-corrected chi connectivity index (χ3v) is 30.2. The summed E-state index contributed by atoms with van der Waals surface area (Å²) in [5, 5.41) is 12.6. The van der Waals surface area contributed by atoms with Gasteiger partial charge in [0.2, 0.25) is 0 Å². The molecule has 0 amide bonds. The fourth-order valence-corrected chi connectivity index (χ4v) is 26.1. The van der Waals surface area contributed by atoms with Crippen molar-refractivity contribution in [3.05, 3.63) is 376 Å². The Labute approximate surface area is 572 Å². The van der Waals surface area contributed by atoms with E-state index in [1.54, 1.807) is 0 Å². The van der Waals surface area contributed by atoms with E-state index in [9.17, 15) is 0 Å². The van der Waals surface area contributed by atoms with Crippen molar-refractivity contribution >= 4 is 154 Å². The van der Waals surface area contributed by atoms with Crippen molar-refractivity contribution in [2.24, 2.45) is 0 Å². The Morgan fingerprint density at radius 1 is 0.235 bits per heavy atom. The number of ether oxygens (including phenoxy) is 1. The fourth-order valence-electron chi connectivity index (χ4n) is 16.6. The molecule has 0 aliphatic carbocycles. The molecule has 0 fully saturated rings. The van der Waals surface area contributed by atoms with Gasteiger partial charge in [0, 0.05) is 44.9 Å². The van der Waals surface area contributed by atoms with Crippen LogP contribution in [0.25, 0.3) is 33.1 Å². The summed E-state index contributed by atoms with van der Waals surface area (Å²) in [5.74, 6) is 1.58. The molecule has 15 aromatic carbocycles. The molecule has 98 heavy (non-hydrogen) atoms. The van der Waals surface area contributed by atoms with Gasteiger partial charge < -0.3 is 23.9 Å². The third-order valence-electron chi connectivity index (χ3n) is 20.7. The lowest BCUT2D eigenvalue weighted by atomic mass is 9.33. The van der Waals surface area contributed by atoms with E-state index < -0.39 is 16.1 Å². The van der Waals surface area contributed by atoms with E-state index in [1.807, 2.05) is 0 Å². The van der Waals surface area contributed by atoms with E-state index in [0.717, 1.165) is 95.8 Å². The number of para-hydroxylation sites is 5. The molecule has 0 radical (unpaired) electrons. The molecule has 460 valence electrons. The third kappa shape index (κ3) is 8.92. The first-order valence-corrected chi connectivity index (χ1v) is 37.7. The second kappa shape index (κ2) is 23.3. The van der Waals surface area contributed by atoms with Crippen LogP contribution in [0.15, 0.2) is 381 Å². The number of rotatable bonds is 12. The van der Waals surface area contributed by atoms with Gasteiger partial charge in [0.05, 0.1) is 17.1 Å². The molecule has 5 nitrogen and oxygen atoms in total. The normalized spacial score (nSPS) is 12.9. The molecule has 0 saturated heterocycles. The van der Waals surface area contributed by atoms with Gasteiger partial charge >= 0.3 is 0 Å². The predicted molar refractivity (Wildman–Crippen MR) is 415 cm³/mol. The number of hydrogen-bond acceptors (Lipinski definition) is 5. The van der Waals surface area contributed by atoms with Gasteiger partial charge in [-0.15, -0.1) is 0 Å². The predicted octanol–water partition coefficient (Wildman–Crippen LogP) is 15.7. The van der Waals surface area contributed by atoms with Gasteiger partial charge in [0.15, 0.2) is 27.6 Å². The summed E-state index contributed by atoms with van der Waals surface area (Å²) in [4.78, 5) is 7.64. The second-order valence-corrected chi connectivity index (χ2v) is 33.4. The highest BCUT2D eigenvalue weighted by molar-refractivity contribution is 7.20. The molecule has 3 aliphatic rings. The minimum Gasteiger partial charge on any atom is -0.456 e. The van der Waals surface area contributed by atoms with Crippen LogP contribution in [0.4, 0.5) is 51.2 Å². The molecule has 19 rings (SSSR count). The second-order valence-electron chi connectivity index (χ2n) is 25.8. The molecular weight excluding hydrogens is 1220 g/mol. The Bertz CT molecular complexity index is 5470. The van der Waals surface area contributed by atoms with E-state index >= 15 is 0 Å². The molecule has 3 aliphatic heterocycles. The zero-order chi connectivity index (χ0) is 64.7. The first kappa shape index (κ1) is 57.3. The van der Waals surface area contributed by atoms with Crippen molar-refractivity contribution in [1.82, 2.24) is 0 Å².